The molecule has 2 unspecified atom stereocenters. The van der Waals surface area contributed by atoms with Gasteiger partial charge >= 0.3 is 5.97 Å². The van der Waals surface area contributed by atoms with Crippen LogP contribution < -0.4 is 10.1 Å². The number of carboxylic acid groups (broad SMARTS) is 1. The Morgan fingerprint density at radius 2 is 1.95 bits per heavy atom. The van der Waals surface area contributed by atoms with E-state index < -0.39 is 24.0 Å². The van der Waals surface area contributed by atoms with E-state index in [0.29, 0.717) is 12.2 Å². The number of benzene rings is 1. The number of ether oxygens (including phenoxy) is 2. The van der Waals surface area contributed by atoms with Crippen LogP contribution in [0.4, 0.5) is 0 Å². The van der Waals surface area contributed by atoms with Crippen molar-refractivity contribution in [2.75, 3.05) is 13.7 Å². The largest absolute Gasteiger partial charge is 0.481 e. The molecule has 1 rings (SSSR count). The number of amides is 1. The molecular weight excluding hydrogens is 262 g/mol. The molecule has 0 fully saturated rings. The van der Waals surface area contributed by atoms with Crippen LogP contribution in [-0.2, 0) is 14.3 Å². The van der Waals surface area contributed by atoms with Gasteiger partial charge in [-0.05, 0) is 18.6 Å². The van der Waals surface area contributed by atoms with Gasteiger partial charge in [0.2, 0.25) is 0 Å². The number of rotatable bonds is 8. The van der Waals surface area contributed by atoms with Crippen molar-refractivity contribution in [3.63, 3.8) is 0 Å². The van der Waals surface area contributed by atoms with Crippen LogP contribution in [-0.4, -0.2) is 42.8 Å². The van der Waals surface area contributed by atoms with E-state index in [1.54, 1.807) is 31.2 Å². The second-order valence-electron chi connectivity index (χ2n) is 4.18. The standard InChI is InChI=1S/C14H19NO5/c1-3-12(20-10-7-5-4-6-8-10)13(16)15-11(9-19-2)14(17)18/h4-8,11-12H,3,9H2,1-2H3,(H,15,16)(H,17,18). The SMILES string of the molecule is CCC(Oc1ccccc1)C(=O)NC(COC)C(=O)O. The van der Waals surface area contributed by atoms with Crippen LogP contribution in [0.5, 0.6) is 5.75 Å². The third kappa shape index (κ3) is 4.89. The molecule has 0 saturated carbocycles. The Labute approximate surface area is 117 Å². The van der Waals surface area contributed by atoms with Crippen molar-refractivity contribution in [1.29, 1.82) is 0 Å². The molecule has 0 bridgehead atoms. The molecule has 110 valence electrons. The minimum absolute atomic E-state index is 0.0944. The Balaban J connectivity index is 2.64. The summed E-state index contributed by atoms with van der Waals surface area (Å²) in [5, 5.41) is 11.4. The van der Waals surface area contributed by atoms with Gasteiger partial charge in [0, 0.05) is 7.11 Å². The summed E-state index contributed by atoms with van der Waals surface area (Å²) in [6.45, 7) is 1.70. The van der Waals surface area contributed by atoms with Gasteiger partial charge in [-0.15, -0.1) is 0 Å². The van der Waals surface area contributed by atoms with Crippen LogP contribution in [0.1, 0.15) is 13.3 Å². The van der Waals surface area contributed by atoms with E-state index in [0.717, 1.165) is 0 Å². The summed E-state index contributed by atoms with van der Waals surface area (Å²) in [5.74, 6) is -1.05. The molecule has 0 aliphatic rings. The summed E-state index contributed by atoms with van der Waals surface area (Å²) < 4.78 is 10.3. The summed E-state index contributed by atoms with van der Waals surface area (Å²) in [4.78, 5) is 23.0. The van der Waals surface area contributed by atoms with E-state index in [1.807, 2.05) is 6.07 Å². The van der Waals surface area contributed by atoms with Crippen molar-refractivity contribution < 1.29 is 24.2 Å². The number of para-hydroxylation sites is 1. The fourth-order valence-corrected chi connectivity index (χ4v) is 1.59. The first-order valence-corrected chi connectivity index (χ1v) is 6.32. The highest BCUT2D eigenvalue weighted by Crippen LogP contribution is 2.12. The van der Waals surface area contributed by atoms with Crippen molar-refractivity contribution >= 4 is 11.9 Å². The molecule has 1 aromatic carbocycles. The molecule has 6 heteroatoms. The van der Waals surface area contributed by atoms with Crippen LogP contribution in [0, 0.1) is 0 Å². The number of nitrogens with one attached hydrogen (secondary N) is 1. The molecule has 2 atom stereocenters. The zero-order chi connectivity index (χ0) is 15.0. The van der Waals surface area contributed by atoms with E-state index >= 15 is 0 Å². The van der Waals surface area contributed by atoms with Crippen molar-refractivity contribution in [3.8, 4) is 5.75 Å². The summed E-state index contributed by atoms with van der Waals surface area (Å²) >= 11 is 0. The van der Waals surface area contributed by atoms with Gasteiger partial charge in [-0.2, -0.15) is 0 Å². The van der Waals surface area contributed by atoms with Gasteiger partial charge < -0.3 is 19.9 Å². The topological polar surface area (TPSA) is 84.9 Å². The minimum atomic E-state index is -1.14. The van der Waals surface area contributed by atoms with Crippen molar-refractivity contribution in [1.82, 2.24) is 5.32 Å². The van der Waals surface area contributed by atoms with Crippen molar-refractivity contribution in [2.24, 2.45) is 0 Å². The highest BCUT2D eigenvalue weighted by atomic mass is 16.5. The Bertz CT molecular complexity index is 434. The number of hydrogen-bond acceptors (Lipinski definition) is 4. The highest BCUT2D eigenvalue weighted by molar-refractivity contribution is 5.86. The lowest BCUT2D eigenvalue weighted by atomic mass is 10.2. The molecule has 0 heterocycles. The van der Waals surface area contributed by atoms with Crippen LogP contribution in [0.25, 0.3) is 0 Å². The number of carbonyl (C=O) groups excluding carboxylic acids is 1. The predicted molar refractivity (Wildman–Crippen MR) is 72.6 cm³/mol. The lowest BCUT2D eigenvalue weighted by molar-refractivity contribution is -0.144. The van der Waals surface area contributed by atoms with Gasteiger partial charge in [-0.25, -0.2) is 4.79 Å². The zero-order valence-corrected chi connectivity index (χ0v) is 11.5. The van der Waals surface area contributed by atoms with Crippen LogP contribution >= 0.6 is 0 Å². The lowest BCUT2D eigenvalue weighted by Crippen LogP contribution is -2.49. The van der Waals surface area contributed by atoms with Gasteiger partial charge in [-0.1, -0.05) is 25.1 Å². The molecule has 1 amide bonds. The fourth-order valence-electron chi connectivity index (χ4n) is 1.59. The van der Waals surface area contributed by atoms with E-state index in [2.05, 4.69) is 5.32 Å². The molecular formula is C14H19NO5. The Morgan fingerprint density at radius 3 is 2.45 bits per heavy atom. The summed E-state index contributed by atoms with van der Waals surface area (Å²) in [7, 11) is 1.37. The average Bonchev–Trinajstić information content (AvgIpc) is 2.45. The normalized spacial score (nSPS) is 13.3. The fraction of sp³-hybridized carbons (Fsp3) is 0.429. The number of methoxy groups -OCH3 is 1. The molecule has 6 nitrogen and oxygen atoms in total. The van der Waals surface area contributed by atoms with Crippen molar-refractivity contribution in [2.45, 2.75) is 25.5 Å². The van der Waals surface area contributed by atoms with E-state index in [4.69, 9.17) is 14.6 Å². The van der Waals surface area contributed by atoms with Crippen LogP contribution in [0.3, 0.4) is 0 Å². The van der Waals surface area contributed by atoms with Gasteiger partial charge in [0.15, 0.2) is 12.1 Å². The Morgan fingerprint density at radius 1 is 1.30 bits per heavy atom. The molecule has 2 N–H and O–H groups in total. The summed E-state index contributed by atoms with van der Waals surface area (Å²) in [6, 6.07) is 7.82. The van der Waals surface area contributed by atoms with E-state index in [9.17, 15) is 9.59 Å². The molecule has 0 aliphatic heterocycles. The van der Waals surface area contributed by atoms with E-state index in [-0.39, 0.29) is 6.61 Å². The molecule has 20 heavy (non-hydrogen) atoms. The quantitative estimate of drug-likeness (QED) is 0.744. The van der Waals surface area contributed by atoms with Crippen LogP contribution in [0.2, 0.25) is 0 Å². The lowest BCUT2D eigenvalue weighted by Gasteiger charge is -2.20. The maximum atomic E-state index is 12.0. The number of aliphatic carboxylic acids is 1. The molecule has 1 aromatic rings. The average molecular weight is 281 g/mol. The molecule has 0 radical (unpaired) electrons. The third-order valence-corrected chi connectivity index (χ3v) is 2.63. The van der Waals surface area contributed by atoms with Gasteiger partial charge in [0.05, 0.1) is 6.61 Å². The van der Waals surface area contributed by atoms with Crippen LogP contribution in [0.15, 0.2) is 30.3 Å². The maximum absolute atomic E-state index is 12.0. The predicted octanol–water partition coefficient (Wildman–Crippen LogP) is 1.06. The third-order valence-electron chi connectivity index (χ3n) is 2.63. The molecule has 0 aliphatic carbocycles. The van der Waals surface area contributed by atoms with Crippen molar-refractivity contribution in [3.05, 3.63) is 30.3 Å². The minimum Gasteiger partial charge on any atom is -0.481 e. The molecule has 0 aromatic heterocycles. The van der Waals surface area contributed by atoms with E-state index in [1.165, 1.54) is 7.11 Å². The summed E-state index contributed by atoms with van der Waals surface area (Å²) in [5.41, 5.74) is 0. The second kappa shape index (κ2) is 8.16. The zero-order valence-electron chi connectivity index (χ0n) is 11.5. The first-order valence-electron chi connectivity index (χ1n) is 6.32. The van der Waals surface area contributed by atoms with Gasteiger partial charge in [0.1, 0.15) is 5.75 Å². The maximum Gasteiger partial charge on any atom is 0.328 e. The summed E-state index contributed by atoms with van der Waals surface area (Å²) in [6.07, 6.45) is -0.309. The first kappa shape index (κ1) is 16.0. The van der Waals surface area contributed by atoms with Gasteiger partial charge in [-0.3, -0.25) is 4.79 Å². The molecule has 0 spiro atoms. The number of carbonyl (C=O) groups is 2. The second-order valence-corrected chi connectivity index (χ2v) is 4.18. The van der Waals surface area contributed by atoms with Gasteiger partial charge in [0.25, 0.3) is 5.91 Å². The Hall–Kier alpha value is -2.08. The monoisotopic (exact) mass is 281 g/mol. The Kier molecular flexibility index (Phi) is 6.52. The first-order chi connectivity index (χ1) is 9.58. The molecule has 0 saturated heterocycles. The smallest absolute Gasteiger partial charge is 0.328 e. The number of carboxylic acids is 1. The number of hydrogen-bond donors (Lipinski definition) is 2. The highest BCUT2D eigenvalue weighted by Gasteiger charge is 2.25.